The number of esters is 1. The number of benzene rings is 2. The number of aromatic nitrogens is 1. The third kappa shape index (κ3) is 5.69. The summed E-state index contributed by atoms with van der Waals surface area (Å²) in [6.07, 6.45) is 3.11. The minimum Gasteiger partial charge on any atom is -0.452 e. The van der Waals surface area contributed by atoms with E-state index in [0.29, 0.717) is 22.3 Å². The molecule has 0 radical (unpaired) electrons. The van der Waals surface area contributed by atoms with E-state index in [1.165, 1.54) is 42.5 Å². The van der Waals surface area contributed by atoms with Gasteiger partial charge in [-0.2, -0.15) is 8.78 Å². The number of nitrogens with one attached hydrogen (secondary N) is 1. The maximum absolute atomic E-state index is 12.8. The molecule has 178 valence electrons. The lowest BCUT2D eigenvalue weighted by molar-refractivity contribution is -0.119. The van der Waals surface area contributed by atoms with Crippen molar-refractivity contribution in [3.63, 3.8) is 0 Å². The van der Waals surface area contributed by atoms with E-state index in [4.69, 9.17) is 4.74 Å². The molecule has 1 aromatic heterocycles. The zero-order valence-corrected chi connectivity index (χ0v) is 18.8. The number of pyridine rings is 1. The quantitative estimate of drug-likeness (QED) is 0.285. The summed E-state index contributed by atoms with van der Waals surface area (Å²) in [4.78, 5) is 55.2. The van der Waals surface area contributed by atoms with Crippen LogP contribution in [0.5, 0.6) is 0 Å². The van der Waals surface area contributed by atoms with Crippen molar-refractivity contribution in [1.82, 2.24) is 9.88 Å². The molecule has 0 spiro atoms. The number of ether oxygens (including phenoxy) is 1. The molecule has 1 aliphatic heterocycles. The van der Waals surface area contributed by atoms with Crippen molar-refractivity contribution in [1.29, 1.82) is 0 Å². The standard InChI is InChI=1S/C24H17F2N3O5S/c25-24(26)35-17-4-2-16(3-5-17)28-20(30)13-34-23(33)15-1-6-18-19(11-15)22(32)29(21(18)31)12-14-7-9-27-10-8-14/h1-11,24H,12-13H2,(H,28,30). The highest BCUT2D eigenvalue weighted by Gasteiger charge is 2.36. The summed E-state index contributed by atoms with van der Waals surface area (Å²) in [5.41, 5.74) is 1.33. The molecule has 11 heteroatoms. The highest BCUT2D eigenvalue weighted by molar-refractivity contribution is 7.99. The van der Waals surface area contributed by atoms with Crippen LogP contribution in [-0.2, 0) is 16.1 Å². The molecule has 1 N–H and O–H groups in total. The van der Waals surface area contributed by atoms with Crippen LogP contribution in [0.2, 0.25) is 0 Å². The van der Waals surface area contributed by atoms with Gasteiger partial charge in [-0.1, -0.05) is 11.8 Å². The van der Waals surface area contributed by atoms with Crippen molar-refractivity contribution in [3.8, 4) is 0 Å². The fourth-order valence-electron chi connectivity index (χ4n) is 3.36. The van der Waals surface area contributed by atoms with E-state index in [0.717, 1.165) is 10.5 Å². The van der Waals surface area contributed by atoms with E-state index in [1.807, 2.05) is 0 Å². The predicted molar refractivity (Wildman–Crippen MR) is 122 cm³/mol. The Bertz CT molecular complexity index is 1290. The lowest BCUT2D eigenvalue weighted by atomic mass is 10.1. The SMILES string of the molecule is O=C(COC(=O)c1ccc2c(c1)C(=O)N(Cc1ccncc1)C2=O)Nc1ccc(SC(F)F)cc1. The molecule has 2 aromatic carbocycles. The van der Waals surface area contributed by atoms with E-state index < -0.39 is 36.1 Å². The van der Waals surface area contributed by atoms with E-state index in [2.05, 4.69) is 10.3 Å². The molecule has 0 fully saturated rings. The number of thioether (sulfide) groups is 1. The van der Waals surface area contributed by atoms with Crippen molar-refractivity contribution in [2.45, 2.75) is 17.2 Å². The van der Waals surface area contributed by atoms with Gasteiger partial charge in [-0.25, -0.2) is 4.79 Å². The molecule has 2 heterocycles. The number of imide groups is 1. The summed E-state index contributed by atoms with van der Waals surface area (Å²) in [5.74, 6) is -5.04. The monoisotopic (exact) mass is 497 g/mol. The van der Waals surface area contributed by atoms with Gasteiger partial charge in [-0.3, -0.25) is 24.3 Å². The largest absolute Gasteiger partial charge is 0.452 e. The molecular formula is C24H17F2N3O5S. The molecular weight excluding hydrogens is 480 g/mol. The second-order valence-corrected chi connectivity index (χ2v) is 8.40. The van der Waals surface area contributed by atoms with Gasteiger partial charge in [0.1, 0.15) is 0 Å². The van der Waals surface area contributed by atoms with Crippen LogP contribution in [0.3, 0.4) is 0 Å². The van der Waals surface area contributed by atoms with Crippen molar-refractivity contribution >= 4 is 41.1 Å². The number of nitrogens with zero attached hydrogens (tertiary/aromatic N) is 2. The number of hydrogen-bond donors (Lipinski definition) is 1. The minimum atomic E-state index is -2.55. The molecule has 3 aromatic rings. The third-order valence-electron chi connectivity index (χ3n) is 4.99. The molecule has 0 saturated carbocycles. The van der Waals surface area contributed by atoms with E-state index >= 15 is 0 Å². The highest BCUT2D eigenvalue weighted by Crippen LogP contribution is 2.27. The number of fused-ring (bicyclic) bond motifs is 1. The van der Waals surface area contributed by atoms with Gasteiger partial charge in [0.2, 0.25) is 0 Å². The van der Waals surface area contributed by atoms with Crippen LogP contribution in [0.4, 0.5) is 14.5 Å². The van der Waals surface area contributed by atoms with Crippen LogP contribution >= 0.6 is 11.8 Å². The lowest BCUT2D eigenvalue weighted by Crippen LogP contribution is -2.29. The number of amides is 3. The van der Waals surface area contributed by atoms with Gasteiger partial charge in [0.25, 0.3) is 23.5 Å². The number of halogens is 2. The maximum Gasteiger partial charge on any atom is 0.338 e. The van der Waals surface area contributed by atoms with Crippen LogP contribution < -0.4 is 5.32 Å². The lowest BCUT2D eigenvalue weighted by Gasteiger charge is -2.13. The van der Waals surface area contributed by atoms with Crippen LogP contribution in [0.1, 0.15) is 36.6 Å². The van der Waals surface area contributed by atoms with Crippen molar-refractivity contribution in [2.75, 3.05) is 11.9 Å². The average molecular weight is 497 g/mol. The molecule has 0 atom stereocenters. The fourth-order valence-corrected chi connectivity index (χ4v) is 3.86. The average Bonchev–Trinajstić information content (AvgIpc) is 3.08. The number of rotatable bonds is 8. The normalized spacial score (nSPS) is 12.6. The first kappa shape index (κ1) is 24.0. The molecule has 35 heavy (non-hydrogen) atoms. The zero-order valence-electron chi connectivity index (χ0n) is 17.9. The molecule has 3 amide bonds. The van der Waals surface area contributed by atoms with Crippen LogP contribution in [0.15, 0.2) is 71.9 Å². The third-order valence-corrected chi connectivity index (χ3v) is 5.72. The Kier molecular flexibility index (Phi) is 7.16. The predicted octanol–water partition coefficient (Wildman–Crippen LogP) is 3.99. The highest BCUT2D eigenvalue weighted by atomic mass is 32.2. The Morgan fingerprint density at radius 2 is 1.66 bits per heavy atom. The first-order chi connectivity index (χ1) is 16.8. The summed E-state index contributed by atoms with van der Waals surface area (Å²) < 4.78 is 29.8. The second kappa shape index (κ2) is 10.4. The van der Waals surface area contributed by atoms with Crippen LogP contribution in [-0.4, -0.2) is 45.9 Å². The van der Waals surface area contributed by atoms with Gasteiger partial charge in [-0.15, -0.1) is 0 Å². The summed E-state index contributed by atoms with van der Waals surface area (Å²) in [5, 5.41) is 2.49. The summed E-state index contributed by atoms with van der Waals surface area (Å²) in [7, 11) is 0. The summed E-state index contributed by atoms with van der Waals surface area (Å²) in [6.45, 7) is -0.541. The van der Waals surface area contributed by atoms with Crippen molar-refractivity contribution in [3.05, 3.63) is 89.2 Å². The Hall–Kier alpha value is -4.12. The van der Waals surface area contributed by atoms with Crippen LogP contribution in [0, 0.1) is 0 Å². The van der Waals surface area contributed by atoms with Gasteiger partial charge >= 0.3 is 5.97 Å². The maximum atomic E-state index is 12.8. The molecule has 0 bridgehead atoms. The first-order valence-electron chi connectivity index (χ1n) is 10.2. The molecule has 0 saturated heterocycles. The summed E-state index contributed by atoms with van der Waals surface area (Å²) >= 11 is 0.381. The Morgan fingerprint density at radius 3 is 2.34 bits per heavy atom. The smallest absolute Gasteiger partial charge is 0.338 e. The molecule has 0 aliphatic carbocycles. The molecule has 0 unspecified atom stereocenters. The van der Waals surface area contributed by atoms with Gasteiger partial charge in [0, 0.05) is 23.0 Å². The molecule has 4 rings (SSSR count). The Labute approximate surface area is 202 Å². The second-order valence-electron chi connectivity index (χ2n) is 7.34. The Morgan fingerprint density at radius 1 is 0.971 bits per heavy atom. The van der Waals surface area contributed by atoms with Gasteiger partial charge < -0.3 is 10.1 Å². The van der Waals surface area contributed by atoms with Crippen LogP contribution in [0.25, 0.3) is 0 Å². The fraction of sp³-hybridized carbons (Fsp3) is 0.125. The Balaban J connectivity index is 1.35. The van der Waals surface area contributed by atoms with E-state index in [-0.39, 0.29) is 23.2 Å². The zero-order chi connectivity index (χ0) is 24.9. The van der Waals surface area contributed by atoms with Crippen molar-refractivity contribution < 1.29 is 32.7 Å². The van der Waals surface area contributed by atoms with E-state index in [9.17, 15) is 28.0 Å². The molecule has 8 nitrogen and oxygen atoms in total. The number of anilines is 1. The first-order valence-corrected chi connectivity index (χ1v) is 11.1. The number of carbonyl (C=O) groups excluding carboxylic acids is 4. The minimum absolute atomic E-state index is 0.0110. The number of hydrogen-bond acceptors (Lipinski definition) is 7. The molecule has 1 aliphatic rings. The van der Waals surface area contributed by atoms with Gasteiger partial charge in [-0.05, 0) is 60.2 Å². The number of carbonyl (C=O) groups is 4. The number of alkyl halides is 2. The van der Waals surface area contributed by atoms with Gasteiger partial charge in [0.05, 0.1) is 23.2 Å². The van der Waals surface area contributed by atoms with Gasteiger partial charge in [0.15, 0.2) is 6.61 Å². The summed E-state index contributed by atoms with van der Waals surface area (Å²) in [6, 6.07) is 13.1. The van der Waals surface area contributed by atoms with E-state index in [1.54, 1.807) is 24.5 Å². The van der Waals surface area contributed by atoms with Crippen molar-refractivity contribution in [2.24, 2.45) is 0 Å². The topological polar surface area (TPSA) is 106 Å².